The highest BCUT2D eigenvalue weighted by atomic mass is 16.5. The quantitative estimate of drug-likeness (QED) is 0.689. The molecule has 1 aliphatic rings. The highest BCUT2D eigenvalue weighted by Crippen LogP contribution is 2.15. The molecule has 1 heterocycles. The third kappa shape index (κ3) is 3.19. The second-order valence-corrected chi connectivity index (χ2v) is 4.15. The molecule has 1 saturated heterocycles. The van der Waals surface area contributed by atoms with E-state index in [1.54, 1.807) is 0 Å². The normalized spacial score (nSPS) is 22.4. The van der Waals surface area contributed by atoms with E-state index in [0.717, 1.165) is 32.5 Å². The van der Waals surface area contributed by atoms with Crippen LogP contribution in [-0.2, 0) is 9.53 Å². The molecule has 1 rings (SSSR count). The lowest BCUT2D eigenvalue weighted by Gasteiger charge is -2.33. The number of ether oxygens (including phenoxy) is 1. The van der Waals surface area contributed by atoms with Crippen molar-refractivity contribution < 1.29 is 9.53 Å². The average molecular weight is 228 g/mol. The van der Waals surface area contributed by atoms with Gasteiger partial charge in [-0.25, -0.2) is 0 Å². The first kappa shape index (κ1) is 13.5. The van der Waals surface area contributed by atoms with E-state index < -0.39 is 0 Å². The lowest BCUT2D eigenvalue weighted by molar-refractivity contribution is -0.150. The fraction of sp³-hybridized carbons (Fsp3) is 0.917. The van der Waals surface area contributed by atoms with Gasteiger partial charge in [0.25, 0.3) is 0 Å². The molecule has 0 bridgehead atoms. The molecule has 0 aromatic heterocycles. The van der Waals surface area contributed by atoms with Crippen molar-refractivity contribution in [1.82, 2.24) is 10.2 Å². The molecule has 2 unspecified atom stereocenters. The molecule has 0 amide bonds. The number of hydrogen-bond donors (Lipinski definition) is 1. The van der Waals surface area contributed by atoms with Gasteiger partial charge >= 0.3 is 5.97 Å². The monoisotopic (exact) mass is 228 g/mol. The van der Waals surface area contributed by atoms with Gasteiger partial charge in [-0.05, 0) is 32.9 Å². The zero-order valence-electron chi connectivity index (χ0n) is 10.7. The molecule has 1 fully saturated rings. The number of carbonyl (C=O) groups excluding carboxylic acids is 1. The number of likely N-dealkylation sites (N-methyl/N-ethyl adjacent to an activating group) is 1. The van der Waals surface area contributed by atoms with Crippen molar-refractivity contribution in [2.45, 2.75) is 45.7 Å². The van der Waals surface area contributed by atoms with Gasteiger partial charge < -0.3 is 10.1 Å². The van der Waals surface area contributed by atoms with Gasteiger partial charge in [-0.3, -0.25) is 9.69 Å². The van der Waals surface area contributed by atoms with E-state index >= 15 is 0 Å². The lowest BCUT2D eigenvalue weighted by Crippen LogP contribution is -2.48. The molecule has 0 saturated carbocycles. The largest absolute Gasteiger partial charge is 0.465 e. The molecule has 0 spiro atoms. The maximum atomic E-state index is 11.8. The van der Waals surface area contributed by atoms with Crippen molar-refractivity contribution in [2.24, 2.45) is 0 Å². The van der Waals surface area contributed by atoms with Crippen LogP contribution in [0.5, 0.6) is 0 Å². The number of esters is 1. The van der Waals surface area contributed by atoms with Crippen LogP contribution in [0.25, 0.3) is 0 Å². The molecule has 4 heteroatoms. The van der Waals surface area contributed by atoms with Crippen LogP contribution in [0, 0.1) is 0 Å². The first-order chi connectivity index (χ1) is 7.74. The van der Waals surface area contributed by atoms with Gasteiger partial charge in [0.05, 0.1) is 6.61 Å². The molecule has 1 N–H and O–H groups in total. The fourth-order valence-electron chi connectivity index (χ4n) is 2.43. The Labute approximate surface area is 98.3 Å². The van der Waals surface area contributed by atoms with Gasteiger partial charge in [-0.1, -0.05) is 13.8 Å². The fourth-order valence-corrected chi connectivity index (χ4v) is 2.43. The number of carbonyl (C=O) groups is 1. The van der Waals surface area contributed by atoms with Crippen LogP contribution < -0.4 is 5.32 Å². The van der Waals surface area contributed by atoms with E-state index in [4.69, 9.17) is 4.74 Å². The standard InChI is InChI=1S/C12H24N2O2/c1-4-11(12(15)16-6-3)14(5-2)10-7-8-13-9-10/h10-11,13H,4-9H2,1-3H3. The Morgan fingerprint density at radius 1 is 1.50 bits per heavy atom. The van der Waals surface area contributed by atoms with Gasteiger partial charge in [-0.15, -0.1) is 0 Å². The van der Waals surface area contributed by atoms with Crippen molar-refractivity contribution in [3.8, 4) is 0 Å². The molecule has 0 radical (unpaired) electrons. The van der Waals surface area contributed by atoms with Crippen LogP contribution in [0.1, 0.15) is 33.6 Å². The Bertz CT molecular complexity index is 215. The van der Waals surface area contributed by atoms with Crippen LogP contribution in [0.15, 0.2) is 0 Å². The Kier molecular flexibility index (Phi) is 5.77. The summed E-state index contributed by atoms with van der Waals surface area (Å²) in [5.41, 5.74) is 0. The van der Waals surface area contributed by atoms with Crippen molar-refractivity contribution >= 4 is 5.97 Å². The molecule has 1 aliphatic heterocycles. The summed E-state index contributed by atoms with van der Waals surface area (Å²) >= 11 is 0. The first-order valence-electron chi connectivity index (χ1n) is 6.37. The Morgan fingerprint density at radius 2 is 2.25 bits per heavy atom. The number of nitrogens with one attached hydrogen (secondary N) is 1. The summed E-state index contributed by atoms with van der Waals surface area (Å²) in [5, 5.41) is 3.34. The van der Waals surface area contributed by atoms with Crippen molar-refractivity contribution in [1.29, 1.82) is 0 Å². The van der Waals surface area contributed by atoms with Gasteiger partial charge in [0.2, 0.25) is 0 Å². The molecular weight excluding hydrogens is 204 g/mol. The molecule has 0 aliphatic carbocycles. The summed E-state index contributed by atoms with van der Waals surface area (Å²) in [6, 6.07) is 0.411. The molecule has 94 valence electrons. The Balaban J connectivity index is 2.62. The summed E-state index contributed by atoms with van der Waals surface area (Å²) in [7, 11) is 0. The van der Waals surface area contributed by atoms with Crippen LogP contribution in [-0.4, -0.2) is 49.2 Å². The van der Waals surface area contributed by atoms with Crippen LogP contribution in [0.4, 0.5) is 0 Å². The van der Waals surface area contributed by atoms with E-state index in [0.29, 0.717) is 12.6 Å². The summed E-state index contributed by atoms with van der Waals surface area (Å²) in [6.45, 7) is 9.44. The summed E-state index contributed by atoms with van der Waals surface area (Å²) in [6.07, 6.45) is 1.95. The predicted octanol–water partition coefficient (Wildman–Crippen LogP) is 1.01. The zero-order chi connectivity index (χ0) is 12.0. The van der Waals surface area contributed by atoms with Gasteiger partial charge in [0.1, 0.15) is 6.04 Å². The van der Waals surface area contributed by atoms with Crippen molar-refractivity contribution in [2.75, 3.05) is 26.2 Å². The molecule has 0 aromatic rings. The minimum absolute atomic E-state index is 0.0706. The SMILES string of the molecule is CCOC(=O)C(CC)N(CC)C1CCNC1. The van der Waals surface area contributed by atoms with Crippen LogP contribution in [0.3, 0.4) is 0 Å². The smallest absolute Gasteiger partial charge is 0.323 e. The van der Waals surface area contributed by atoms with E-state index in [1.807, 2.05) is 13.8 Å². The van der Waals surface area contributed by atoms with E-state index in [2.05, 4.69) is 17.1 Å². The minimum atomic E-state index is -0.0742. The predicted molar refractivity (Wildman–Crippen MR) is 64.4 cm³/mol. The second-order valence-electron chi connectivity index (χ2n) is 4.15. The van der Waals surface area contributed by atoms with Gasteiger partial charge in [0, 0.05) is 12.6 Å². The maximum absolute atomic E-state index is 11.8. The highest BCUT2D eigenvalue weighted by Gasteiger charge is 2.31. The number of hydrogen-bond acceptors (Lipinski definition) is 4. The van der Waals surface area contributed by atoms with Gasteiger partial charge in [0.15, 0.2) is 0 Å². The zero-order valence-corrected chi connectivity index (χ0v) is 10.7. The summed E-state index contributed by atoms with van der Waals surface area (Å²) in [5.74, 6) is -0.0706. The first-order valence-corrected chi connectivity index (χ1v) is 6.37. The highest BCUT2D eigenvalue weighted by molar-refractivity contribution is 5.75. The lowest BCUT2D eigenvalue weighted by atomic mass is 10.1. The molecule has 0 aromatic carbocycles. The topological polar surface area (TPSA) is 41.6 Å². The van der Waals surface area contributed by atoms with Crippen molar-refractivity contribution in [3.63, 3.8) is 0 Å². The van der Waals surface area contributed by atoms with Crippen molar-refractivity contribution in [3.05, 3.63) is 0 Å². The number of nitrogens with zero attached hydrogens (tertiary/aromatic N) is 1. The van der Waals surface area contributed by atoms with Crippen LogP contribution in [0.2, 0.25) is 0 Å². The molecular formula is C12H24N2O2. The van der Waals surface area contributed by atoms with Crippen LogP contribution >= 0.6 is 0 Å². The maximum Gasteiger partial charge on any atom is 0.323 e. The van der Waals surface area contributed by atoms with E-state index in [1.165, 1.54) is 0 Å². The summed E-state index contributed by atoms with van der Waals surface area (Å²) < 4.78 is 5.14. The van der Waals surface area contributed by atoms with Gasteiger partial charge in [-0.2, -0.15) is 0 Å². The molecule has 16 heavy (non-hydrogen) atoms. The Morgan fingerprint density at radius 3 is 2.69 bits per heavy atom. The third-order valence-corrected chi connectivity index (χ3v) is 3.21. The average Bonchev–Trinajstić information content (AvgIpc) is 2.79. The summed E-state index contributed by atoms with van der Waals surface area (Å²) in [4.78, 5) is 14.1. The number of rotatable bonds is 6. The van der Waals surface area contributed by atoms with E-state index in [-0.39, 0.29) is 12.0 Å². The van der Waals surface area contributed by atoms with E-state index in [9.17, 15) is 4.79 Å². The molecule has 4 nitrogen and oxygen atoms in total. The minimum Gasteiger partial charge on any atom is -0.465 e. The molecule has 2 atom stereocenters. The third-order valence-electron chi connectivity index (χ3n) is 3.21. The Hall–Kier alpha value is -0.610. The second kappa shape index (κ2) is 6.86.